The van der Waals surface area contributed by atoms with Crippen LogP contribution in [0.4, 0.5) is 0 Å². The Labute approximate surface area is 412 Å². The molecule has 2 aromatic carbocycles. The lowest BCUT2D eigenvalue weighted by Gasteiger charge is -2.39. The predicted octanol–water partition coefficient (Wildman–Crippen LogP) is 9.49. The van der Waals surface area contributed by atoms with Crippen molar-refractivity contribution in [3.8, 4) is 11.1 Å². The molecule has 5 unspecified atom stereocenters. The van der Waals surface area contributed by atoms with E-state index in [0.29, 0.717) is 17.2 Å². The molecular formula is C55H84N4O10. The van der Waals surface area contributed by atoms with Crippen molar-refractivity contribution < 1.29 is 47.8 Å². The summed E-state index contributed by atoms with van der Waals surface area (Å²) >= 11 is 0. The molecule has 14 nitrogen and oxygen atoms in total. The maximum atomic E-state index is 14.3. The molecule has 14 heteroatoms. The van der Waals surface area contributed by atoms with Gasteiger partial charge < -0.3 is 28.6 Å². The minimum Gasteiger partial charge on any atom is -0.462 e. The zero-order valence-electron chi connectivity index (χ0n) is 45.4. The highest BCUT2D eigenvalue weighted by atomic mass is 16.7. The lowest BCUT2D eigenvalue weighted by Crippen LogP contribution is -2.49. The van der Waals surface area contributed by atoms with E-state index >= 15 is 0 Å². The van der Waals surface area contributed by atoms with Crippen LogP contribution in [-0.4, -0.2) is 143 Å². The molecule has 4 fully saturated rings. The highest BCUT2D eigenvalue weighted by Crippen LogP contribution is 2.47. The van der Waals surface area contributed by atoms with Crippen LogP contribution in [0.3, 0.4) is 0 Å². The third kappa shape index (κ3) is 10.5. The molecule has 6 rings (SSSR count). The van der Waals surface area contributed by atoms with E-state index in [4.69, 9.17) is 28.6 Å². The van der Waals surface area contributed by atoms with Crippen molar-refractivity contribution in [3.05, 3.63) is 58.7 Å². The van der Waals surface area contributed by atoms with Gasteiger partial charge in [0.15, 0.2) is 0 Å². The lowest BCUT2D eigenvalue weighted by molar-refractivity contribution is -0.224. The summed E-state index contributed by atoms with van der Waals surface area (Å²) < 4.78 is 24.3. The van der Waals surface area contributed by atoms with Crippen LogP contribution in [0, 0.1) is 23.7 Å². The Bertz CT molecular complexity index is 2190. The van der Waals surface area contributed by atoms with Gasteiger partial charge in [-0.05, 0) is 191 Å². The zero-order chi connectivity index (χ0) is 51.6. The Morgan fingerprint density at radius 3 is 1.03 bits per heavy atom. The summed E-state index contributed by atoms with van der Waals surface area (Å²) in [5.74, 6) is -2.46. The second kappa shape index (κ2) is 19.3. The van der Waals surface area contributed by atoms with Crippen molar-refractivity contribution in [2.45, 2.75) is 174 Å². The topological polar surface area (TPSA) is 137 Å². The highest BCUT2D eigenvalue weighted by molar-refractivity contribution is 6.00. The van der Waals surface area contributed by atoms with Gasteiger partial charge in [-0.3, -0.25) is 9.80 Å². The number of esters is 4. The summed E-state index contributed by atoms with van der Waals surface area (Å²) in [6, 6.07) is 9.83. The standard InChI is InChI=1S/C55H84N4O10/c1-34-20-41(52(8,9)56(34)16)30-66-45(60)37-21-35(22-38(25-37)46(61)67-31-42-27-49(2,3)57(17)53(42,10)11)36-23-39(47(62)68-32-43-28-50(4,5)58(64-18)54(43,12)13)26-40(24-36)48(63)69-33-44-29-51(6,7)59(65-19)55(44,14)15/h21-26,34,41-44H,20,27-33H2,1-19H3. The van der Waals surface area contributed by atoms with Crippen LogP contribution in [0.2, 0.25) is 0 Å². The third-order valence-corrected chi connectivity index (χ3v) is 17.5. The number of ether oxygens (including phenoxy) is 4. The molecule has 0 saturated carbocycles. The Morgan fingerprint density at radius 2 is 0.768 bits per heavy atom. The van der Waals surface area contributed by atoms with Gasteiger partial charge in [-0.25, -0.2) is 19.2 Å². The van der Waals surface area contributed by atoms with Gasteiger partial charge in [-0.2, -0.15) is 10.1 Å². The van der Waals surface area contributed by atoms with Crippen molar-refractivity contribution >= 4 is 23.9 Å². The molecule has 69 heavy (non-hydrogen) atoms. The van der Waals surface area contributed by atoms with Gasteiger partial charge in [0.05, 0.1) is 62.9 Å². The molecule has 0 bridgehead atoms. The van der Waals surface area contributed by atoms with Crippen LogP contribution in [0.15, 0.2) is 36.4 Å². The van der Waals surface area contributed by atoms with Crippen molar-refractivity contribution in [1.29, 1.82) is 0 Å². The first-order valence-electron chi connectivity index (χ1n) is 24.9. The summed E-state index contributed by atoms with van der Waals surface area (Å²) in [7, 11) is 7.48. The first-order valence-corrected chi connectivity index (χ1v) is 24.9. The van der Waals surface area contributed by atoms with Crippen LogP contribution in [-0.2, 0) is 28.6 Å². The number of hydrogen-bond donors (Lipinski definition) is 0. The van der Waals surface area contributed by atoms with E-state index in [0.717, 1.165) is 25.7 Å². The van der Waals surface area contributed by atoms with Crippen molar-refractivity contribution in [2.24, 2.45) is 23.7 Å². The summed E-state index contributed by atoms with van der Waals surface area (Å²) in [6.45, 7) is 32.4. The number of hydrogen-bond acceptors (Lipinski definition) is 14. The fourth-order valence-corrected chi connectivity index (χ4v) is 12.6. The quantitative estimate of drug-likeness (QED) is 0.124. The number of rotatable bonds is 15. The lowest BCUT2D eigenvalue weighted by atomic mass is 9.87. The molecule has 4 saturated heterocycles. The second-order valence-corrected chi connectivity index (χ2v) is 24.7. The molecule has 0 aromatic heterocycles. The smallest absolute Gasteiger partial charge is 0.338 e. The van der Waals surface area contributed by atoms with E-state index in [-0.39, 0.29) is 100 Å². The van der Waals surface area contributed by atoms with E-state index in [1.807, 2.05) is 10.1 Å². The molecule has 5 atom stereocenters. The molecule has 0 aliphatic carbocycles. The average Bonchev–Trinajstić information content (AvgIpc) is 3.74. The fourth-order valence-electron chi connectivity index (χ4n) is 12.6. The maximum Gasteiger partial charge on any atom is 0.338 e. The minimum atomic E-state index is -0.634. The van der Waals surface area contributed by atoms with Gasteiger partial charge in [0, 0.05) is 68.5 Å². The Kier molecular flexibility index (Phi) is 15.2. The normalized spacial score (nSPS) is 27.8. The summed E-state index contributed by atoms with van der Waals surface area (Å²) in [4.78, 5) is 73.2. The molecule has 4 heterocycles. The predicted molar refractivity (Wildman–Crippen MR) is 267 cm³/mol. The average molecular weight is 961 g/mol. The van der Waals surface area contributed by atoms with Gasteiger partial charge in [0.25, 0.3) is 0 Å². The summed E-state index contributed by atoms with van der Waals surface area (Å²) in [5.41, 5.74) is -0.732. The first-order chi connectivity index (χ1) is 31.7. The monoisotopic (exact) mass is 961 g/mol. The summed E-state index contributed by atoms with van der Waals surface area (Å²) in [5, 5.41) is 3.90. The molecule has 2 aromatic rings. The van der Waals surface area contributed by atoms with E-state index in [1.54, 1.807) is 38.5 Å². The Hall–Kier alpha value is -3.92. The summed E-state index contributed by atoms with van der Waals surface area (Å²) in [6.07, 6.45) is 3.13. The number of benzene rings is 2. The van der Waals surface area contributed by atoms with E-state index < -0.39 is 35.0 Å². The molecule has 0 amide bonds. The zero-order valence-corrected chi connectivity index (χ0v) is 45.4. The molecular weight excluding hydrogens is 877 g/mol. The minimum absolute atomic E-state index is 0.0533. The largest absolute Gasteiger partial charge is 0.462 e. The van der Waals surface area contributed by atoms with Crippen LogP contribution >= 0.6 is 0 Å². The second-order valence-electron chi connectivity index (χ2n) is 24.7. The highest BCUT2D eigenvalue weighted by Gasteiger charge is 2.54. The Morgan fingerprint density at radius 1 is 0.464 bits per heavy atom. The van der Waals surface area contributed by atoms with Crippen molar-refractivity contribution in [2.75, 3.05) is 54.7 Å². The SMILES string of the molecule is CON1C(C)(C)CC(COC(=O)c2cc(C(=O)OCC3CC(C)(C)N(OC)C3(C)C)cc(-c3cc(C(=O)OCC4CC(C)N(C)C4(C)C)cc(C(=O)OCC4CC(C)(C)N(C)C4(C)C)c3)c2)C1(C)C. The Balaban J connectivity index is 1.37. The number of likely N-dealkylation sites (tertiary alicyclic amines) is 2. The van der Waals surface area contributed by atoms with Crippen molar-refractivity contribution in [1.82, 2.24) is 19.9 Å². The number of carbonyl (C=O) groups is 4. The first kappa shape index (κ1) is 54.4. The fraction of sp³-hybridized carbons (Fsp3) is 0.709. The van der Waals surface area contributed by atoms with Gasteiger partial charge in [0.1, 0.15) is 0 Å². The molecule has 0 N–H and O–H groups in total. The number of hydroxylamine groups is 4. The van der Waals surface area contributed by atoms with Gasteiger partial charge in [-0.15, -0.1) is 0 Å². The van der Waals surface area contributed by atoms with Crippen LogP contribution in [0.1, 0.15) is 171 Å². The van der Waals surface area contributed by atoms with Crippen LogP contribution in [0.5, 0.6) is 0 Å². The maximum absolute atomic E-state index is 14.3. The number of carbonyl (C=O) groups excluding carboxylic acids is 4. The van der Waals surface area contributed by atoms with Crippen molar-refractivity contribution in [3.63, 3.8) is 0 Å². The third-order valence-electron chi connectivity index (χ3n) is 17.5. The van der Waals surface area contributed by atoms with E-state index in [2.05, 4.69) is 128 Å². The van der Waals surface area contributed by atoms with Gasteiger partial charge >= 0.3 is 23.9 Å². The van der Waals surface area contributed by atoms with E-state index in [9.17, 15) is 19.2 Å². The van der Waals surface area contributed by atoms with Gasteiger partial charge in [-0.1, -0.05) is 0 Å². The van der Waals surface area contributed by atoms with Crippen LogP contribution < -0.4 is 0 Å². The molecule has 4 aliphatic heterocycles. The molecule has 0 spiro atoms. The van der Waals surface area contributed by atoms with Gasteiger partial charge in [0.2, 0.25) is 0 Å². The van der Waals surface area contributed by atoms with E-state index in [1.165, 1.54) is 12.1 Å². The number of nitrogens with zero attached hydrogens (tertiary/aromatic N) is 4. The molecule has 384 valence electrons. The molecule has 4 aliphatic rings. The van der Waals surface area contributed by atoms with Crippen LogP contribution in [0.25, 0.3) is 11.1 Å². The molecule has 0 radical (unpaired) electrons.